The van der Waals surface area contributed by atoms with Crippen LogP contribution in [0, 0.1) is 12.8 Å². The van der Waals surface area contributed by atoms with Crippen molar-refractivity contribution in [3.8, 4) is 17.0 Å². The highest BCUT2D eigenvalue weighted by atomic mass is 19.3. The largest absolute Gasteiger partial charge is 0.435 e. The van der Waals surface area contributed by atoms with Crippen LogP contribution in [0.1, 0.15) is 18.5 Å². The van der Waals surface area contributed by atoms with Crippen molar-refractivity contribution < 1.29 is 13.5 Å². The number of benzene rings is 2. The summed E-state index contributed by atoms with van der Waals surface area (Å²) in [4.78, 5) is 11.5. The molecule has 1 N–H and O–H groups in total. The molecule has 5 rings (SSSR count). The van der Waals surface area contributed by atoms with Crippen LogP contribution in [0.2, 0.25) is 0 Å². The summed E-state index contributed by atoms with van der Waals surface area (Å²) in [7, 11) is 0. The molecule has 1 saturated carbocycles. The lowest BCUT2D eigenvalue weighted by Gasteiger charge is -2.26. The number of hydrogen-bond donors (Lipinski definition) is 1. The Morgan fingerprint density at radius 1 is 1.13 bits per heavy atom. The van der Waals surface area contributed by atoms with Crippen molar-refractivity contribution in [3.63, 3.8) is 0 Å². The Bertz CT molecular complexity index is 1220. The Hall–Kier alpha value is -3.55. The van der Waals surface area contributed by atoms with Crippen molar-refractivity contribution >= 4 is 22.4 Å². The maximum atomic E-state index is 12.7. The van der Waals surface area contributed by atoms with Crippen molar-refractivity contribution in [1.29, 1.82) is 0 Å². The molecule has 0 aliphatic heterocycles. The van der Waals surface area contributed by atoms with Crippen molar-refractivity contribution in [2.45, 2.75) is 26.4 Å². The van der Waals surface area contributed by atoms with Gasteiger partial charge in [0, 0.05) is 35.7 Å². The van der Waals surface area contributed by atoms with Crippen molar-refractivity contribution in [3.05, 3.63) is 60.6 Å². The van der Waals surface area contributed by atoms with Gasteiger partial charge in [-0.15, -0.1) is 0 Å². The van der Waals surface area contributed by atoms with E-state index in [-0.39, 0.29) is 5.75 Å². The third-order valence-electron chi connectivity index (χ3n) is 5.44. The summed E-state index contributed by atoms with van der Waals surface area (Å²) in [5.41, 5.74) is 5.80. The molecule has 0 spiro atoms. The van der Waals surface area contributed by atoms with E-state index in [2.05, 4.69) is 24.8 Å². The molecule has 0 bridgehead atoms. The van der Waals surface area contributed by atoms with E-state index >= 15 is 0 Å². The fraction of sp³-hybridized carbons (Fsp3) is 0.261. The number of hydrogen-bond acceptors (Lipinski definition) is 5. The van der Waals surface area contributed by atoms with Gasteiger partial charge in [0.15, 0.2) is 0 Å². The van der Waals surface area contributed by atoms with Gasteiger partial charge in [-0.05, 0) is 56.0 Å². The van der Waals surface area contributed by atoms with Gasteiger partial charge >= 0.3 is 6.61 Å². The van der Waals surface area contributed by atoms with Crippen LogP contribution < -0.4 is 9.64 Å². The van der Waals surface area contributed by atoms with Crippen LogP contribution in [0.15, 0.2) is 54.9 Å². The average Bonchev–Trinajstić information content (AvgIpc) is 3.49. The number of fused-ring (bicyclic) bond motifs is 1. The molecule has 1 fully saturated rings. The number of aromatic nitrogens is 4. The number of aromatic amines is 1. The highest BCUT2D eigenvalue weighted by molar-refractivity contribution is 5.82. The molecule has 2 aromatic carbocycles. The summed E-state index contributed by atoms with van der Waals surface area (Å²) >= 11 is 0. The number of H-pyrrole nitrogens is 1. The molecule has 2 heterocycles. The highest BCUT2D eigenvalue weighted by Crippen LogP contribution is 2.37. The zero-order valence-corrected chi connectivity index (χ0v) is 16.9. The van der Waals surface area contributed by atoms with Crippen LogP contribution in [0.25, 0.3) is 22.3 Å². The Morgan fingerprint density at radius 2 is 1.97 bits per heavy atom. The van der Waals surface area contributed by atoms with Crippen LogP contribution in [0.3, 0.4) is 0 Å². The quantitative estimate of drug-likeness (QED) is 0.428. The van der Waals surface area contributed by atoms with Gasteiger partial charge in [-0.1, -0.05) is 6.07 Å². The maximum Gasteiger partial charge on any atom is 0.387 e. The molecule has 0 radical (unpaired) electrons. The standard InChI is InChI=1S/C23H21F2N5O/c1-14-19(11-27-29-14)22-12-26-20-8-7-17(10-21(20)28-22)30(13-15-5-6-15)16-3-2-4-18(9-16)31-23(24)25/h2-4,7-12,15,23H,5-6,13H2,1H3,(H,27,29). The second kappa shape index (κ2) is 7.94. The van der Waals surface area contributed by atoms with Crippen LogP contribution in [0.4, 0.5) is 20.2 Å². The minimum atomic E-state index is -2.85. The van der Waals surface area contributed by atoms with Crippen LogP contribution >= 0.6 is 0 Å². The lowest BCUT2D eigenvalue weighted by Crippen LogP contribution is -2.20. The molecule has 158 valence electrons. The molecule has 0 amide bonds. The van der Waals surface area contributed by atoms with Gasteiger partial charge in [-0.2, -0.15) is 13.9 Å². The van der Waals surface area contributed by atoms with Gasteiger partial charge in [0.2, 0.25) is 0 Å². The monoisotopic (exact) mass is 421 g/mol. The Labute approximate surface area is 177 Å². The number of aryl methyl sites for hydroxylation is 1. The lowest BCUT2D eigenvalue weighted by molar-refractivity contribution is -0.0498. The van der Waals surface area contributed by atoms with Gasteiger partial charge in [0.1, 0.15) is 5.75 Å². The van der Waals surface area contributed by atoms with E-state index in [0.717, 1.165) is 45.9 Å². The molecule has 0 saturated heterocycles. The van der Waals surface area contributed by atoms with Gasteiger partial charge < -0.3 is 9.64 Å². The van der Waals surface area contributed by atoms with Crippen molar-refractivity contribution in [2.24, 2.45) is 5.92 Å². The third-order valence-corrected chi connectivity index (χ3v) is 5.44. The minimum Gasteiger partial charge on any atom is -0.435 e. The summed E-state index contributed by atoms with van der Waals surface area (Å²) in [6.07, 6.45) is 5.89. The molecule has 8 heteroatoms. The van der Waals surface area contributed by atoms with Gasteiger partial charge in [-0.3, -0.25) is 10.1 Å². The first-order valence-electron chi connectivity index (χ1n) is 10.2. The Balaban J connectivity index is 1.54. The summed E-state index contributed by atoms with van der Waals surface area (Å²) in [5, 5.41) is 7.01. The minimum absolute atomic E-state index is 0.145. The first-order valence-corrected chi connectivity index (χ1v) is 10.2. The van der Waals surface area contributed by atoms with Crippen molar-refractivity contribution in [1.82, 2.24) is 20.2 Å². The number of nitrogens with zero attached hydrogens (tertiary/aromatic N) is 4. The lowest BCUT2D eigenvalue weighted by atomic mass is 10.1. The molecular formula is C23H21F2N5O. The second-order valence-electron chi connectivity index (χ2n) is 7.74. The van der Waals surface area contributed by atoms with Gasteiger partial charge in [-0.25, -0.2) is 4.98 Å². The normalized spacial score (nSPS) is 13.7. The Kier molecular flexibility index (Phi) is 4.97. The molecule has 0 atom stereocenters. The highest BCUT2D eigenvalue weighted by Gasteiger charge is 2.26. The predicted molar refractivity (Wildman–Crippen MR) is 115 cm³/mol. The zero-order valence-electron chi connectivity index (χ0n) is 16.9. The summed E-state index contributed by atoms with van der Waals surface area (Å²) in [6.45, 7) is -0.134. The number of halogens is 2. The molecule has 1 aliphatic carbocycles. The fourth-order valence-electron chi connectivity index (χ4n) is 3.66. The summed E-state index contributed by atoms with van der Waals surface area (Å²) in [6, 6.07) is 12.7. The van der Waals surface area contributed by atoms with Gasteiger partial charge in [0.25, 0.3) is 0 Å². The SMILES string of the molecule is Cc1n[nH]cc1-c1cnc2ccc(N(CC3CC3)c3cccc(OC(F)F)c3)cc2n1. The maximum absolute atomic E-state index is 12.7. The molecule has 6 nitrogen and oxygen atoms in total. The second-order valence-corrected chi connectivity index (χ2v) is 7.74. The smallest absolute Gasteiger partial charge is 0.387 e. The molecule has 4 aromatic rings. The summed E-state index contributed by atoms with van der Waals surface area (Å²) < 4.78 is 30.0. The first kappa shape index (κ1) is 19.4. The number of nitrogens with one attached hydrogen (secondary N) is 1. The first-order chi connectivity index (χ1) is 15.1. The predicted octanol–water partition coefficient (Wildman–Crippen LogP) is 5.48. The average molecular weight is 421 g/mol. The van der Waals surface area contributed by atoms with Crippen molar-refractivity contribution in [2.75, 3.05) is 11.4 Å². The van der Waals surface area contributed by atoms with E-state index in [1.807, 2.05) is 37.4 Å². The van der Waals surface area contributed by atoms with E-state index < -0.39 is 6.61 Å². The van der Waals surface area contributed by atoms with Crippen LogP contribution in [-0.4, -0.2) is 33.3 Å². The van der Waals surface area contributed by atoms with E-state index in [1.165, 1.54) is 18.9 Å². The topological polar surface area (TPSA) is 66.9 Å². The van der Waals surface area contributed by atoms with E-state index in [9.17, 15) is 8.78 Å². The molecular weight excluding hydrogens is 400 g/mol. The van der Waals surface area contributed by atoms with E-state index in [4.69, 9.17) is 4.98 Å². The number of rotatable bonds is 7. The summed E-state index contributed by atoms with van der Waals surface area (Å²) in [5.74, 6) is 0.730. The molecule has 2 aromatic heterocycles. The fourth-order valence-corrected chi connectivity index (χ4v) is 3.66. The number of alkyl halides is 2. The molecule has 1 aliphatic rings. The van der Waals surface area contributed by atoms with Crippen LogP contribution in [0.5, 0.6) is 5.75 Å². The Morgan fingerprint density at radius 3 is 2.71 bits per heavy atom. The third kappa shape index (κ3) is 4.19. The molecule has 31 heavy (non-hydrogen) atoms. The molecule has 0 unspecified atom stereocenters. The number of ether oxygens (including phenoxy) is 1. The van der Waals surface area contributed by atoms with E-state index in [1.54, 1.807) is 18.3 Å². The zero-order chi connectivity index (χ0) is 21.4. The van der Waals surface area contributed by atoms with Gasteiger partial charge in [0.05, 0.1) is 28.6 Å². The number of anilines is 2. The van der Waals surface area contributed by atoms with E-state index in [0.29, 0.717) is 5.92 Å². The van der Waals surface area contributed by atoms with Crippen LogP contribution in [-0.2, 0) is 0 Å².